The maximum absolute atomic E-state index is 12.6. The second-order valence-electron chi connectivity index (χ2n) is 7.31. The lowest BCUT2D eigenvalue weighted by atomic mass is 9.99. The number of anilines is 1. The van der Waals surface area contributed by atoms with Gasteiger partial charge in [-0.3, -0.25) is 19.7 Å². The smallest absolute Gasteiger partial charge is 0.257 e. The summed E-state index contributed by atoms with van der Waals surface area (Å²) in [5.41, 5.74) is 2.99. The molecule has 0 aromatic carbocycles. The van der Waals surface area contributed by atoms with Gasteiger partial charge in [0.1, 0.15) is 0 Å². The van der Waals surface area contributed by atoms with Crippen molar-refractivity contribution < 1.29 is 0 Å². The Morgan fingerprint density at radius 1 is 1.28 bits per heavy atom. The Kier molecular flexibility index (Phi) is 4.53. The summed E-state index contributed by atoms with van der Waals surface area (Å²) >= 11 is 0. The molecule has 4 rings (SSSR count). The first-order valence-corrected chi connectivity index (χ1v) is 9.17. The normalized spacial score (nSPS) is 19.0. The molecule has 0 saturated carbocycles. The highest BCUT2D eigenvalue weighted by atomic mass is 16.1. The fourth-order valence-electron chi connectivity index (χ4n) is 3.72. The maximum atomic E-state index is 12.6. The molecule has 132 valence electrons. The molecule has 25 heavy (non-hydrogen) atoms. The molecule has 1 saturated heterocycles. The molecular weight excluding hydrogens is 314 g/mol. The van der Waals surface area contributed by atoms with Crippen molar-refractivity contribution in [1.82, 2.24) is 19.9 Å². The lowest BCUT2D eigenvalue weighted by Crippen LogP contribution is -2.39. The Morgan fingerprint density at radius 3 is 2.88 bits per heavy atom. The van der Waals surface area contributed by atoms with E-state index < -0.39 is 0 Å². The third-order valence-electron chi connectivity index (χ3n) is 5.35. The van der Waals surface area contributed by atoms with Gasteiger partial charge in [-0.1, -0.05) is 13.0 Å². The van der Waals surface area contributed by atoms with Crippen LogP contribution in [0.2, 0.25) is 0 Å². The average Bonchev–Trinajstić information content (AvgIpc) is 2.63. The number of piperidine rings is 1. The monoisotopic (exact) mass is 339 g/mol. The molecule has 0 spiro atoms. The van der Waals surface area contributed by atoms with E-state index in [-0.39, 0.29) is 5.56 Å². The number of aromatic amines is 1. The summed E-state index contributed by atoms with van der Waals surface area (Å²) in [6.45, 7) is 6.65. The summed E-state index contributed by atoms with van der Waals surface area (Å²) in [7, 11) is 0. The second kappa shape index (κ2) is 6.96. The number of hydrogen-bond acceptors (Lipinski definition) is 5. The standard InChI is InChI=1S/C19H25N5O/c1-14-4-9-24(10-5-14)19-21-17-6-8-23(13-16(17)18(25)22-19)12-15-3-2-7-20-11-15/h2-3,7,11,14H,4-6,8-10,12-13H2,1H3,(H,21,22,25). The van der Waals surface area contributed by atoms with Crippen molar-refractivity contribution in [3.05, 3.63) is 51.7 Å². The van der Waals surface area contributed by atoms with Gasteiger partial charge in [-0.15, -0.1) is 0 Å². The van der Waals surface area contributed by atoms with Crippen molar-refractivity contribution in [3.8, 4) is 0 Å². The molecule has 0 bridgehead atoms. The number of aromatic nitrogens is 3. The van der Waals surface area contributed by atoms with Crippen LogP contribution in [0.3, 0.4) is 0 Å². The summed E-state index contributed by atoms with van der Waals surface area (Å²) in [4.78, 5) is 29.1. The Labute approximate surface area is 147 Å². The molecule has 1 N–H and O–H groups in total. The first kappa shape index (κ1) is 16.3. The Hall–Kier alpha value is -2.21. The lowest BCUT2D eigenvalue weighted by Gasteiger charge is -2.32. The Balaban J connectivity index is 1.50. The number of hydrogen-bond donors (Lipinski definition) is 1. The van der Waals surface area contributed by atoms with Gasteiger partial charge in [-0.2, -0.15) is 0 Å². The van der Waals surface area contributed by atoms with Crippen LogP contribution in [0.15, 0.2) is 29.3 Å². The second-order valence-corrected chi connectivity index (χ2v) is 7.31. The van der Waals surface area contributed by atoms with Crippen LogP contribution < -0.4 is 10.5 Å². The third kappa shape index (κ3) is 3.58. The Bertz CT molecular complexity index is 780. The van der Waals surface area contributed by atoms with E-state index in [1.807, 2.05) is 12.3 Å². The van der Waals surface area contributed by atoms with Crippen LogP contribution in [0, 0.1) is 5.92 Å². The van der Waals surface area contributed by atoms with E-state index in [4.69, 9.17) is 4.98 Å². The van der Waals surface area contributed by atoms with Crippen LogP contribution in [0.5, 0.6) is 0 Å². The highest BCUT2D eigenvalue weighted by molar-refractivity contribution is 5.35. The fourth-order valence-corrected chi connectivity index (χ4v) is 3.72. The molecule has 6 heteroatoms. The van der Waals surface area contributed by atoms with Crippen LogP contribution in [0.4, 0.5) is 5.95 Å². The SMILES string of the molecule is CC1CCN(c2nc3c(c(=O)[nH]2)CN(Cc2cccnc2)CC3)CC1. The zero-order valence-electron chi connectivity index (χ0n) is 14.7. The minimum atomic E-state index is 0.0227. The zero-order valence-corrected chi connectivity index (χ0v) is 14.7. The van der Waals surface area contributed by atoms with E-state index >= 15 is 0 Å². The quantitative estimate of drug-likeness (QED) is 0.926. The number of pyridine rings is 1. The number of nitrogens with one attached hydrogen (secondary N) is 1. The summed E-state index contributed by atoms with van der Waals surface area (Å²) in [5, 5.41) is 0. The molecule has 0 unspecified atom stereocenters. The maximum Gasteiger partial charge on any atom is 0.257 e. The topological polar surface area (TPSA) is 65.1 Å². The molecule has 2 aromatic heterocycles. The Morgan fingerprint density at radius 2 is 2.12 bits per heavy atom. The molecule has 2 aliphatic heterocycles. The van der Waals surface area contributed by atoms with Gasteiger partial charge in [0.15, 0.2) is 0 Å². The minimum Gasteiger partial charge on any atom is -0.342 e. The van der Waals surface area contributed by atoms with Crippen LogP contribution in [-0.2, 0) is 19.5 Å². The molecule has 0 amide bonds. The van der Waals surface area contributed by atoms with Crippen molar-refractivity contribution in [3.63, 3.8) is 0 Å². The fraction of sp³-hybridized carbons (Fsp3) is 0.526. The van der Waals surface area contributed by atoms with Gasteiger partial charge in [0.05, 0.1) is 11.3 Å². The van der Waals surface area contributed by atoms with Gasteiger partial charge < -0.3 is 4.90 Å². The average molecular weight is 339 g/mol. The van der Waals surface area contributed by atoms with Gasteiger partial charge in [0.25, 0.3) is 5.56 Å². The molecule has 2 aromatic rings. The van der Waals surface area contributed by atoms with E-state index in [0.29, 0.717) is 6.54 Å². The lowest BCUT2D eigenvalue weighted by molar-refractivity contribution is 0.241. The molecule has 0 radical (unpaired) electrons. The van der Waals surface area contributed by atoms with Crippen LogP contribution in [0.1, 0.15) is 36.6 Å². The summed E-state index contributed by atoms with van der Waals surface area (Å²) in [6.07, 6.45) is 6.83. The molecule has 2 aliphatic rings. The zero-order chi connectivity index (χ0) is 17.2. The third-order valence-corrected chi connectivity index (χ3v) is 5.35. The predicted molar refractivity (Wildman–Crippen MR) is 97.5 cm³/mol. The molecule has 1 fully saturated rings. The van der Waals surface area contributed by atoms with Crippen LogP contribution in [0.25, 0.3) is 0 Å². The number of rotatable bonds is 3. The number of fused-ring (bicyclic) bond motifs is 1. The van der Waals surface area contributed by atoms with Crippen molar-refractivity contribution in [2.45, 2.75) is 39.3 Å². The number of H-pyrrole nitrogens is 1. The molecule has 4 heterocycles. The van der Waals surface area contributed by atoms with E-state index in [0.717, 1.165) is 55.7 Å². The van der Waals surface area contributed by atoms with Gasteiger partial charge >= 0.3 is 0 Å². The number of nitrogens with zero attached hydrogens (tertiary/aromatic N) is 4. The van der Waals surface area contributed by atoms with E-state index in [1.165, 1.54) is 18.4 Å². The van der Waals surface area contributed by atoms with Crippen molar-refractivity contribution in [2.24, 2.45) is 5.92 Å². The van der Waals surface area contributed by atoms with Gasteiger partial charge in [0.2, 0.25) is 5.95 Å². The highest BCUT2D eigenvalue weighted by Gasteiger charge is 2.24. The molecule has 0 atom stereocenters. The molecule has 0 aliphatic carbocycles. The van der Waals surface area contributed by atoms with Crippen molar-refractivity contribution in [2.75, 3.05) is 24.5 Å². The summed E-state index contributed by atoms with van der Waals surface area (Å²) in [5.74, 6) is 1.53. The predicted octanol–water partition coefficient (Wildman–Crippen LogP) is 1.96. The summed E-state index contributed by atoms with van der Waals surface area (Å²) < 4.78 is 0. The minimum absolute atomic E-state index is 0.0227. The van der Waals surface area contributed by atoms with Crippen molar-refractivity contribution >= 4 is 5.95 Å². The van der Waals surface area contributed by atoms with Gasteiger partial charge in [-0.25, -0.2) is 4.98 Å². The van der Waals surface area contributed by atoms with Gasteiger partial charge in [0, 0.05) is 51.5 Å². The van der Waals surface area contributed by atoms with Crippen LogP contribution >= 0.6 is 0 Å². The van der Waals surface area contributed by atoms with E-state index in [9.17, 15) is 4.79 Å². The highest BCUT2D eigenvalue weighted by Crippen LogP contribution is 2.22. The van der Waals surface area contributed by atoms with Crippen molar-refractivity contribution in [1.29, 1.82) is 0 Å². The first-order chi connectivity index (χ1) is 12.2. The van der Waals surface area contributed by atoms with E-state index in [2.05, 4.69) is 32.8 Å². The van der Waals surface area contributed by atoms with Crippen LogP contribution in [-0.4, -0.2) is 39.5 Å². The molecule has 6 nitrogen and oxygen atoms in total. The molecular formula is C19H25N5O. The van der Waals surface area contributed by atoms with Gasteiger partial charge in [-0.05, 0) is 30.4 Å². The largest absolute Gasteiger partial charge is 0.342 e. The summed E-state index contributed by atoms with van der Waals surface area (Å²) in [6, 6.07) is 4.03. The van der Waals surface area contributed by atoms with E-state index in [1.54, 1.807) is 6.20 Å². The first-order valence-electron chi connectivity index (χ1n) is 9.17.